The van der Waals surface area contributed by atoms with Crippen molar-refractivity contribution in [2.75, 3.05) is 20.3 Å². The average molecular weight is 371 g/mol. The molecule has 1 aromatic heterocycles. The Labute approximate surface area is 156 Å². The summed E-state index contributed by atoms with van der Waals surface area (Å²) < 4.78 is 11.0. The molecule has 1 amide bonds. The first-order valence-electron chi connectivity index (χ1n) is 8.46. The molecule has 4 rings (SSSR count). The number of amides is 1. The quantitative estimate of drug-likeness (QED) is 0.721. The predicted octanol–water partition coefficient (Wildman–Crippen LogP) is 3.55. The number of ether oxygens (including phenoxy) is 2. The summed E-state index contributed by atoms with van der Waals surface area (Å²) in [5.41, 5.74) is 4.18. The van der Waals surface area contributed by atoms with Crippen LogP contribution in [-0.2, 0) is 16.0 Å². The molecule has 1 atom stereocenters. The molecule has 5 nitrogen and oxygen atoms in total. The Morgan fingerprint density at radius 2 is 2.23 bits per heavy atom. The Kier molecular flexibility index (Phi) is 4.57. The van der Waals surface area contributed by atoms with Crippen molar-refractivity contribution < 1.29 is 14.3 Å². The van der Waals surface area contributed by atoms with E-state index in [-0.39, 0.29) is 18.6 Å². The molecule has 26 heavy (non-hydrogen) atoms. The molecule has 0 saturated heterocycles. The highest BCUT2D eigenvalue weighted by Gasteiger charge is 2.27. The van der Waals surface area contributed by atoms with Crippen molar-refractivity contribution in [1.29, 1.82) is 0 Å². The number of aromatic nitrogens is 1. The number of H-pyrrole nitrogens is 1. The van der Waals surface area contributed by atoms with Crippen LogP contribution in [0.5, 0.6) is 5.75 Å². The van der Waals surface area contributed by atoms with Gasteiger partial charge in [0.2, 0.25) is 5.91 Å². The Morgan fingerprint density at radius 1 is 1.35 bits per heavy atom. The largest absolute Gasteiger partial charge is 0.487 e. The van der Waals surface area contributed by atoms with E-state index in [4.69, 9.17) is 21.1 Å². The first-order chi connectivity index (χ1) is 12.6. The van der Waals surface area contributed by atoms with Crippen LogP contribution in [0.2, 0.25) is 5.02 Å². The number of carbonyl (C=O) groups excluding carboxylic acids is 1. The molecule has 0 saturated carbocycles. The highest BCUT2D eigenvalue weighted by atomic mass is 35.5. The van der Waals surface area contributed by atoms with Gasteiger partial charge in [0.05, 0.1) is 6.54 Å². The van der Waals surface area contributed by atoms with E-state index in [1.165, 1.54) is 7.11 Å². The summed E-state index contributed by atoms with van der Waals surface area (Å²) in [6.07, 6.45) is 2.52. The molecule has 0 aliphatic carbocycles. The summed E-state index contributed by atoms with van der Waals surface area (Å²) in [6, 6.07) is 12.1. The number of nitrogens with one attached hydrogen (secondary N) is 2. The van der Waals surface area contributed by atoms with Gasteiger partial charge in [-0.05, 0) is 41.3 Å². The lowest BCUT2D eigenvalue weighted by molar-refractivity contribution is -0.125. The fourth-order valence-corrected chi connectivity index (χ4v) is 3.59. The summed E-state index contributed by atoms with van der Waals surface area (Å²) in [5.74, 6) is 0.693. The molecule has 1 aliphatic heterocycles. The van der Waals surface area contributed by atoms with Gasteiger partial charge in [0.15, 0.2) is 0 Å². The second kappa shape index (κ2) is 7.02. The molecule has 0 fully saturated rings. The van der Waals surface area contributed by atoms with Crippen molar-refractivity contribution in [3.05, 3.63) is 53.2 Å². The number of fused-ring (bicyclic) bond motifs is 2. The van der Waals surface area contributed by atoms with Crippen LogP contribution < -0.4 is 10.1 Å². The number of halogens is 1. The fourth-order valence-electron chi connectivity index (χ4n) is 3.35. The molecule has 2 heterocycles. The standard InChI is InChI=1S/C20H19ClN2O3/c1-25-11-19(24)23-10-16-8-14-7-15(21)9-17(20(14)26-16)12-2-3-18-13(6-12)4-5-22-18/h2-7,9,16,22H,8,10-11H2,1H3,(H,23,24)/t16-/m0/s1. The minimum absolute atomic E-state index is 0.0490. The summed E-state index contributed by atoms with van der Waals surface area (Å²) in [7, 11) is 1.50. The molecular formula is C20H19ClN2O3. The van der Waals surface area contributed by atoms with Crippen LogP contribution >= 0.6 is 11.6 Å². The second-order valence-corrected chi connectivity index (χ2v) is 6.84. The van der Waals surface area contributed by atoms with Gasteiger partial charge in [-0.15, -0.1) is 0 Å². The van der Waals surface area contributed by atoms with Crippen molar-refractivity contribution in [2.45, 2.75) is 12.5 Å². The summed E-state index contributed by atoms with van der Waals surface area (Å²) in [5, 5.41) is 4.65. The van der Waals surface area contributed by atoms with E-state index in [2.05, 4.69) is 28.5 Å². The third kappa shape index (κ3) is 3.28. The maximum absolute atomic E-state index is 11.6. The lowest BCUT2D eigenvalue weighted by Gasteiger charge is -2.14. The number of benzene rings is 2. The Hall–Kier alpha value is -2.50. The van der Waals surface area contributed by atoms with Crippen LogP contribution in [0, 0.1) is 0 Å². The van der Waals surface area contributed by atoms with Gasteiger partial charge in [0.1, 0.15) is 18.5 Å². The zero-order valence-corrected chi connectivity index (χ0v) is 15.1. The first kappa shape index (κ1) is 16.9. The van der Waals surface area contributed by atoms with Gasteiger partial charge in [-0.25, -0.2) is 0 Å². The normalized spacial score (nSPS) is 15.7. The van der Waals surface area contributed by atoms with Gasteiger partial charge < -0.3 is 19.8 Å². The van der Waals surface area contributed by atoms with Gasteiger partial charge >= 0.3 is 0 Å². The van der Waals surface area contributed by atoms with Gasteiger partial charge in [-0.2, -0.15) is 0 Å². The maximum Gasteiger partial charge on any atom is 0.246 e. The lowest BCUT2D eigenvalue weighted by atomic mass is 9.99. The van der Waals surface area contributed by atoms with E-state index in [1.54, 1.807) is 0 Å². The summed E-state index contributed by atoms with van der Waals surface area (Å²) >= 11 is 6.34. The number of methoxy groups -OCH3 is 1. The van der Waals surface area contributed by atoms with E-state index >= 15 is 0 Å². The minimum atomic E-state index is -0.150. The van der Waals surface area contributed by atoms with Crippen LogP contribution in [0.15, 0.2) is 42.6 Å². The van der Waals surface area contributed by atoms with E-state index in [9.17, 15) is 4.79 Å². The number of carbonyl (C=O) groups is 1. The molecule has 6 heteroatoms. The third-order valence-corrected chi connectivity index (χ3v) is 4.75. The van der Waals surface area contributed by atoms with Crippen molar-refractivity contribution in [2.24, 2.45) is 0 Å². The molecule has 134 valence electrons. The summed E-state index contributed by atoms with van der Waals surface area (Å²) in [4.78, 5) is 14.8. The molecule has 0 spiro atoms. The van der Waals surface area contributed by atoms with E-state index in [0.29, 0.717) is 18.0 Å². The predicted molar refractivity (Wildman–Crippen MR) is 102 cm³/mol. The minimum Gasteiger partial charge on any atom is -0.487 e. The highest BCUT2D eigenvalue weighted by molar-refractivity contribution is 6.31. The van der Waals surface area contributed by atoms with Crippen LogP contribution in [0.1, 0.15) is 5.56 Å². The zero-order valence-electron chi connectivity index (χ0n) is 14.3. The van der Waals surface area contributed by atoms with E-state index < -0.39 is 0 Å². The van der Waals surface area contributed by atoms with Crippen molar-refractivity contribution in [3.63, 3.8) is 0 Å². The van der Waals surface area contributed by atoms with Crippen LogP contribution in [0.3, 0.4) is 0 Å². The number of hydrogen-bond acceptors (Lipinski definition) is 3. The van der Waals surface area contributed by atoms with Gasteiger partial charge in [-0.3, -0.25) is 4.79 Å². The molecule has 2 aromatic carbocycles. The highest BCUT2D eigenvalue weighted by Crippen LogP contribution is 2.41. The van der Waals surface area contributed by atoms with Crippen molar-refractivity contribution in [1.82, 2.24) is 10.3 Å². The van der Waals surface area contributed by atoms with Gasteiger partial charge in [0.25, 0.3) is 0 Å². The first-order valence-corrected chi connectivity index (χ1v) is 8.84. The maximum atomic E-state index is 11.6. The second-order valence-electron chi connectivity index (χ2n) is 6.40. The molecule has 1 aliphatic rings. The third-order valence-electron chi connectivity index (χ3n) is 4.53. The Balaban J connectivity index is 1.60. The van der Waals surface area contributed by atoms with Crippen LogP contribution in [0.25, 0.3) is 22.0 Å². The smallest absolute Gasteiger partial charge is 0.246 e. The number of aromatic amines is 1. The van der Waals surface area contributed by atoms with Gasteiger partial charge in [-0.1, -0.05) is 17.7 Å². The average Bonchev–Trinajstić information content (AvgIpc) is 3.25. The Bertz CT molecular complexity index is 967. The van der Waals surface area contributed by atoms with Crippen LogP contribution in [-0.4, -0.2) is 37.3 Å². The molecule has 3 aromatic rings. The molecule has 2 N–H and O–H groups in total. The topological polar surface area (TPSA) is 63.3 Å². The zero-order chi connectivity index (χ0) is 18.1. The summed E-state index contributed by atoms with van der Waals surface area (Å²) in [6.45, 7) is 0.484. The number of rotatable bonds is 5. The van der Waals surface area contributed by atoms with E-state index in [1.807, 2.05) is 24.4 Å². The SMILES string of the molecule is COCC(=O)NC[C@@H]1Cc2cc(Cl)cc(-c3ccc4[nH]ccc4c3)c2O1. The van der Waals surface area contributed by atoms with Crippen molar-refractivity contribution >= 4 is 28.4 Å². The van der Waals surface area contributed by atoms with Crippen molar-refractivity contribution in [3.8, 4) is 16.9 Å². The van der Waals surface area contributed by atoms with Gasteiger partial charge in [0, 0.05) is 41.4 Å². The molecule has 0 radical (unpaired) electrons. The molecule has 0 unspecified atom stereocenters. The number of hydrogen-bond donors (Lipinski definition) is 2. The van der Waals surface area contributed by atoms with Crippen LogP contribution in [0.4, 0.5) is 0 Å². The molecule has 0 bridgehead atoms. The molecular weight excluding hydrogens is 352 g/mol. The fraction of sp³-hybridized carbons (Fsp3) is 0.250. The van der Waals surface area contributed by atoms with E-state index in [0.717, 1.165) is 33.3 Å². The Morgan fingerprint density at radius 3 is 3.08 bits per heavy atom. The monoisotopic (exact) mass is 370 g/mol. The lowest BCUT2D eigenvalue weighted by Crippen LogP contribution is -2.36.